The minimum Gasteiger partial charge on any atom is -0.343 e. The lowest BCUT2D eigenvalue weighted by molar-refractivity contribution is -0.135. The predicted octanol–water partition coefficient (Wildman–Crippen LogP) is 2.75. The standard InChI is InChI=1S/C25H30N2O5S/c1-3-9-22(28)25(19-10-5-4-6-11-19)14-16-27(17-15-25)23(29)18-26-24(30)20-12-7-8-13-21(20)33(2,31)32/h4-8,10-13H,3,9,14-18H2,1-2H3,(H,26,30). The average molecular weight is 471 g/mol. The number of sulfone groups is 1. The molecule has 176 valence electrons. The third-order valence-corrected chi connectivity index (χ3v) is 7.39. The Morgan fingerprint density at radius 1 is 0.970 bits per heavy atom. The van der Waals surface area contributed by atoms with E-state index in [1.54, 1.807) is 17.0 Å². The van der Waals surface area contributed by atoms with E-state index in [-0.39, 0.29) is 28.7 Å². The molecule has 2 aromatic carbocycles. The molecule has 0 saturated carbocycles. The monoisotopic (exact) mass is 470 g/mol. The molecule has 1 fully saturated rings. The summed E-state index contributed by atoms with van der Waals surface area (Å²) in [4.78, 5) is 40.0. The summed E-state index contributed by atoms with van der Waals surface area (Å²) in [6.45, 7) is 2.58. The van der Waals surface area contributed by atoms with Crippen LogP contribution in [0.15, 0.2) is 59.5 Å². The molecule has 3 rings (SSSR count). The highest BCUT2D eigenvalue weighted by Crippen LogP contribution is 2.37. The van der Waals surface area contributed by atoms with Gasteiger partial charge in [0, 0.05) is 25.8 Å². The summed E-state index contributed by atoms with van der Waals surface area (Å²) >= 11 is 0. The lowest BCUT2D eigenvalue weighted by atomic mass is 9.68. The zero-order valence-corrected chi connectivity index (χ0v) is 19.9. The van der Waals surface area contributed by atoms with Gasteiger partial charge >= 0.3 is 0 Å². The molecule has 0 aliphatic carbocycles. The maximum absolute atomic E-state index is 13.1. The molecule has 2 aromatic rings. The number of Topliss-reactive ketones (excluding diaryl/α,β-unsaturated/α-hetero) is 1. The number of likely N-dealkylation sites (tertiary alicyclic amines) is 1. The molecule has 0 bridgehead atoms. The Hall–Kier alpha value is -3.00. The normalized spacial score (nSPS) is 15.6. The highest BCUT2D eigenvalue weighted by molar-refractivity contribution is 7.90. The molecule has 0 atom stereocenters. The van der Waals surface area contributed by atoms with Crippen LogP contribution in [0.1, 0.15) is 48.5 Å². The Labute approximate surface area is 195 Å². The van der Waals surface area contributed by atoms with E-state index >= 15 is 0 Å². The number of ketones is 1. The first kappa shape index (κ1) is 24.6. The van der Waals surface area contributed by atoms with Gasteiger partial charge in [0.1, 0.15) is 5.78 Å². The van der Waals surface area contributed by atoms with Crippen LogP contribution >= 0.6 is 0 Å². The third-order valence-electron chi connectivity index (χ3n) is 6.24. The van der Waals surface area contributed by atoms with E-state index in [2.05, 4.69) is 5.32 Å². The zero-order valence-electron chi connectivity index (χ0n) is 19.0. The molecular formula is C25H30N2O5S. The molecule has 8 heteroatoms. The summed E-state index contributed by atoms with van der Waals surface area (Å²) in [5.41, 5.74) is 0.409. The topological polar surface area (TPSA) is 101 Å². The second-order valence-electron chi connectivity index (χ2n) is 8.45. The number of benzene rings is 2. The first-order valence-corrected chi connectivity index (χ1v) is 13.0. The summed E-state index contributed by atoms with van der Waals surface area (Å²) in [6.07, 6.45) is 3.38. The number of nitrogens with one attached hydrogen (secondary N) is 1. The number of piperidine rings is 1. The molecule has 1 saturated heterocycles. The van der Waals surface area contributed by atoms with E-state index in [0.29, 0.717) is 32.4 Å². The SMILES string of the molecule is CCCC(=O)C1(c2ccccc2)CCN(C(=O)CNC(=O)c2ccccc2S(C)(=O)=O)CC1. The minimum atomic E-state index is -3.58. The summed E-state index contributed by atoms with van der Waals surface area (Å²) in [7, 11) is -3.58. The van der Waals surface area contributed by atoms with Crippen LogP contribution in [0.4, 0.5) is 0 Å². The van der Waals surface area contributed by atoms with Gasteiger partial charge in [-0.25, -0.2) is 8.42 Å². The van der Waals surface area contributed by atoms with Gasteiger partial charge in [-0.05, 0) is 37.0 Å². The Morgan fingerprint density at radius 3 is 2.18 bits per heavy atom. The van der Waals surface area contributed by atoms with Gasteiger partial charge in [0.05, 0.1) is 22.4 Å². The first-order chi connectivity index (χ1) is 15.7. The van der Waals surface area contributed by atoms with E-state index in [4.69, 9.17) is 0 Å². The van der Waals surface area contributed by atoms with Crippen LogP contribution in [-0.4, -0.2) is 56.8 Å². The zero-order chi connectivity index (χ0) is 24.1. The first-order valence-electron chi connectivity index (χ1n) is 11.1. The fourth-order valence-electron chi connectivity index (χ4n) is 4.43. The van der Waals surface area contributed by atoms with Gasteiger partial charge in [-0.2, -0.15) is 0 Å². The van der Waals surface area contributed by atoms with Crippen molar-refractivity contribution in [1.82, 2.24) is 10.2 Å². The van der Waals surface area contributed by atoms with Crippen LogP contribution in [0, 0.1) is 0 Å². The van der Waals surface area contributed by atoms with Crippen molar-refractivity contribution in [1.29, 1.82) is 0 Å². The molecule has 0 unspecified atom stereocenters. The number of hydrogen-bond acceptors (Lipinski definition) is 5. The van der Waals surface area contributed by atoms with Crippen LogP contribution in [0.2, 0.25) is 0 Å². The molecule has 1 heterocycles. The average Bonchev–Trinajstić information content (AvgIpc) is 2.82. The Balaban J connectivity index is 1.66. The number of carbonyl (C=O) groups excluding carboxylic acids is 3. The molecule has 7 nitrogen and oxygen atoms in total. The number of nitrogens with zero attached hydrogens (tertiary/aromatic N) is 1. The molecule has 1 aliphatic heterocycles. The van der Waals surface area contributed by atoms with E-state index in [1.807, 2.05) is 37.3 Å². The van der Waals surface area contributed by atoms with Crippen molar-refractivity contribution < 1.29 is 22.8 Å². The number of hydrogen-bond donors (Lipinski definition) is 1. The van der Waals surface area contributed by atoms with Crippen LogP contribution < -0.4 is 5.32 Å². The van der Waals surface area contributed by atoms with Crippen LogP contribution in [0.5, 0.6) is 0 Å². The van der Waals surface area contributed by atoms with Crippen molar-refractivity contribution in [3.63, 3.8) is 0 Å². The van der Waals surface area contributed by atoms with Crippen LogP contribution in [-0.2, 0) is 24.8 Å². The molecule has 0 aromatic heterocycles. The van der Waals surface area contributed by atoms with Crippen molar-refractivity contribution >= 4 is 27.4 Å². The highest BCUT2D eigenvalue weighted by Gasteiger charge is 2.42. The van der Waals surface area contributed by atoms with Gasteiger partial charge in [-0.1, -0.05) is 49.4 Å². The van der Waals surface area contributed by atoms with E-state index in [9.17, 15) is 22.8 Å². The van der Waals surface area contributed by atoms with Crippen molar-refractivity contribution in [2.24, 2.45) is 0 Å². The van der Waals surface area contributed by atoms with Gasteiger partial charge < -0.3 is 10.2 Å². The molecule has 0 spiro atoms. The van der Waals surface area contributed by atoms with Gasteiger partial charge in [0.2, 0.25) is 5.91 Å². The molecule has 0 radical (unpaired) electrons. The maximum atomic E-state index is 13.1. The van der Waals surface area contributed by atoms with E-state index in [0.717, 1.165) is 18.2 Å². The maximum Gasteiger partial charge on any atom is 0.253 e. The number of amides is 2. The summed E-state index contributed by atoms with van der Waals surface area (Å²) in [5.74, 6) is -0.670. The molecule has 33 heavy (non-hydrogen) atoms. The van der Waals surface area contributed by atoms with Crippen molar-refractivity contribution in [2.45, 2.75) is 42.9 Å². The van der Waals surface area contributed by atoms with E-state index < -0.39 is 21.2 Å². The lowest BCUT2D eigenvalue weighted by Gasteiger charge is -2.41. The van der Waals surface area contributed by atoms with E-state index in [1.165, 1.54) is 12.1 Å². The molecule has 2 amide bonds. The van der Waals surface area contributed by atoms with Crippen LogP contribution in [0.25, 0.3) is 0 Å². The predicted molar refractivity (Wildman–Crippen MR) is 126 cm³/mol. The molecule has 1 aliphatic rings. The Kier molecular flexibility index (Phi) is 7.68. The number of rotatable bonds is 8. The fourth-order valence-corrected chi connectivity index (χ4v) is 5.32. The van der Waals surface area contributed by atoms with Gasteiger partial charge in [0.15, 0.2) is 9.84 Å². The third kappa shape index (κ3) is 5.50. The van der Waals surface area contributed by atoms with Crippen molar-refractivity contribution in [2.75, 3.05) is 25.9 Å². The molecule has 1 N–H and O–H groups in total. The summed E-state index contributed by atoms with van der Waals surface area (Å²) < 4.78 is 23.9. The largest absolute Gasteiger partial charge is 0.343 e. The second-order valence-corrected chi connectivity index (χ2v) is 10.4. The summed E-state index contributed by atoms with van der Waals surface area (Å²) in [5, 5.41) is 2.54. The second kappa shape index (κ2) is 10.3. The lowest BCUT2D eigenvalue weighted by Crippen LogP contribution is -2.51. The van der Waals surface area contributed by atoms with Gasteiger partial charge in [-0.15, -0.1) is 0 Å². The minimum absolute atomic E-state index is 0.0136. The van der Waals surface area contributed by atoms with Gasteiger partial charge in [0.25, 0.3) is 5.91 Å². The number of carbonyl (C=O) groups is 3. The fraction of sp³-hybridized carbons (Fsp3) is 0.400. The molecular weight excluding hydrogens is 440 g/mol. The van der Waals surface area contributed by atoms with Crippen molar-refractivity contribution in [3.8, 4) is 0 Å². The van der Waals surface area contributed by atoms with Crippen molar-refractivity contribution in [3.05, 3.63) is 65.7 Å². The van der Waals surface area contributed by atoms with Crippen LogP contribution in [0.3, 0.4) is 0 Å². The quantitative estimate of drug-likeness (QED) is 0.639. The Bertz CT molecular complexity index is 1120. The summed E-state index contributed by atoms with van der Waals surface area (Å²) in [6, 6.07) is 15.6. The highest BCUT2D eigenvalue weighted by atomic mass is 32.2. The van der Waals surface area contributed by atoms with Gasteiger partial charge in [-0.3, -0.25) is 14.4 Å². The smallest absolute Gasteiger partial charge is 0.253 e. The Morgan fingerprint density at radius 2 is 1.58 bits per heavy atom.